The number of nitro benzene ring substituents is 2. The Labute approximate surface area is 186 Å². The zero-order chi connectivity index (χ0) is 21.3. The molecule has 0 aliphatic carbocycles. The molecule has 0 fully saturated rings. The average molecular weight is 453 g/mol. The Bertz CT molecular complexity index is 1130. The van der Waals surface area contributed by atoms with Crippen LogP contribution in [-0.4, -0.2) is 35.8 Å². The molecule has 29 heavy (non-hydrogen) atoms. The topological polar surface area (TPSA) is 195 Å². The Balaban J connectivity index is 0.00000420. The molecule has 2 aromatic carbocycles. The molecule has 0 aliphatic heterocycles. The third-order valence-electron chi connectivity index (χ3n) is 3.41. The van der Waals surface area contributed by atoms with Gasteiger partial charge in [-0.15, -0.1) is 0 Å². The van der Waals surface area contributed by atoms with Gasteiger partial charge in [-0.2, -0.15) is 16.8 Å². The predicted octanol–water partition coefficient (Wildman–Crippen LogP) is -0.829. The number of nitro groups is 2. The molecule has 0 unspecified atom stereocenters. The molecule has 0 heterocycles. The molecule has 0 saturated carbocycles. The van der Waals surface area contributed by atoms with E-state index in [-0.39, 0.29) is 40.7 Å². The summed E-state index contributed by atoms with van der Waals surface area (Å²) in [4.78, 5) is 18.2. The van der Waals surface area contributed by atoms with E-state index in [1.165, 1.54) is 0 Å². The van der Waals surface area contributed by atoms with Crippen LogP contribution in [-0.2, 0) is 20.2 Å². The Morgan fingerprint density at radius 3 is 1.28 bits per heavy atom. The van der Waals surface area contributed by atoms with Crippen LogP contribution in [0.25, 0.3) is 12.2 Å². The molecule has 0 bridgehead atoms. The predicted molar refractivity (Wildman–Crippen MR) is 94.8 cm³/mol. The zero-order valence-corrected chi connectivity index (χ0v) is 18.1. The molecule has 0 aliphatic rings. The third kappa shape index (κ3) is 6.14. The first-order valence-electron chi connectivity index (χ1n) is 7.00. The van der Waals surface area contributed by atoms with Gasteiger partial charge in [0, 0.05) is 24.3 Å². The smallest absolute Gasteiger partial charge is 0.282 e. The summed E-state index contributed by atoms with van der Waals surface area (Å²) in [5.41, 5.74) is -1.68. The van der Waals surface area contributed by atoms with Gasteiger partial charge in [0.1, 0.15) is 9.79 Å². The fourth-order valence-electron chi connectivity index (χ4n) is 2.17. The molecule has 15 heteroatoms. The van der Waals surface area contributed by atoms with Crippen LogP contribution in [0.1, 0.15) is 11.1 Å². The van der Waals surface area contributed by atoms with Crippen molar-refractivity contribution in [3.63, 3.8) is 0 Å². The van der Waals surface area contributed by atoms with Crippen LogP contribution >= 0.6 is 0 Å². The quantitative estimate of drug-likeness (QED) is 0.183. The van der Waals surface area contributed by atoms with Crippen LogP contribution in [0, 0.1) is 20.2 Å². The standard InChI is InChI=1S/C14H10N2O10S2.Na/c17-15(18)11-5-3-9(13(7-11)27(21,22)23)1-2-10-4-6-12(16(19)20)8-14(10)28(24,25)26;/h1-8H,(H,21,22,23)(H,24,25,26);/q;+1/b2-1+;. The summed E-state index contributed by atoms with van der Waals surface area (Å²) in [6.07, 6.45) is 2.01. The van der Waals surface area contributed by atoms with E-state index < -0.39 is 51.2 Å². The summed E-state index contributed by atoms with van der Waals surface area (Å²) < 4.78 is 64.4. The van der Waals surface area contributed by atoms with E-state index in [2.05, 4.69) is 0 Å². The Morgan fingerprint density at radius 2 is 1.03 bits per heavy atom. The summed E-state index contributed by atoms with van der Waals surface area (Å²) in [6.45, 7) is 0. The summed E-state index contributed by atoms with van der Waals surface area (Å²) in [5.74, 6) is 0. The van der Waals surface area contributed by atoms with Crippen LogP contribution in [0.4, 0.5) is 11.4 Å². The van der Waals surface area contributed by atoms with Crippen molar-refractivity contribution in [2.45, 2.75) is 9.79 Å². The molecular formula is C14H10N2NaO10S2+. The van der Waals surface area contributed by atoms with Gasteiger partial charge in [-0.25, -0.2) is 0 Å². The zero-order valence-electron chi connectivity index (χ0n) is 14.5. The van der Waals surface area contributed by atoms with Crippen molar-refractivity contribution in [3.8, 4) is 0 Å². The monoisotopic (exact) mass is 453 g/mol. The molecule has 2 aromatic rings. The molecule has 0 amide bonds. The average Bonchev–Trinajstić information content (AvgIpc) is 2.57. The molecule has 0 spiro atoms. The summed E-state index contributed by atoms with van der Waals surface area (Å²) in [5, 5.41) is 21.5. The van der Waals surface area contributed by atoms with Gasteiger partial charge in [-0.1, -0.05) is 12.2 Å². The number of hydrogen-bond acceptors (Lipinski definition) is 8. The second kappa shape index (κ2) is 9.08. The Hall–Kier alpha value is -2.20. The maximum atomic E-state index is 11.5. The van der Waals surface area contributed by atoms with Crippen LogP contribution in [0.3, 0.4) is 0 Å². The Morgan fingerprint density at radius 1 is 0.724 bits per heavy atom. The van der Waals surface area contributed by atoms with E-state index >= 15 is 0 Å². The molecule has 148 valence electrons. The van der Waals surface area contributed by atoms with Gasteiger partial charge in [0.15, 0.2) is 0 Å². The SMILES string of the molecule is O=[N+]([O-])c1ccc(/C=C/c2ccc([N+](=O)[O-])cc2S(=O)(=O)O)c(S(=O)(=O)O)c1.[Na+]. The maximum absolute atomic E-state index is 11.5. The minimum Gasteiger partial charge on any atom is -0.282 e. The number of rotatable bonds is 6. The fourth-order valence-corrected chi connectivity index (χ4v) is 3.58. The van der Waals surface area contributed by atoms with Crippen LogP contribution < -0.4 is 29.6 Å². The van der Waals surface area contributed by atoms with Gasteiger partial charge >= 0.3 is 29.6 Å². The van der Waals surface area contributed by atoms with Gasteiger partial charge in [0.25, 0.3) is 31.6 Å². The van der Waals surface area contributed by atoms with Crippen LogP contribution in [0.2, 0.25) is 0 Å². The van der Waals surface area contributed by atoms with Crippen molar-refractivity contribution in [3.05, 3.63) is 67.8 Å². The molecule has 0 aromatic heterocycles. The first-order valence-corrected chi connectivity index (χ1v) is 9.88. The largest absolute Gasteiger partial charge is 1.00 e. The number of non-ortho nitro benzene ring substituents is 2. The van der Waals surface area contributed by atoms with Gasteiger partial charge in [0.2, 0.25) is 0 Å². The van der Waals surface area contributed by atoms with E-state index in [1.807, 2.05) is 0 Å². The second-order valence-electron chi connectivity index (χ2n) is 5.24. The number of benzene rings is 2. The second-order valence-corrected chi connectivity index (χ2v) is 8.02. The molecule has 12 nitrogen and oxygen atoms in total. The molecular weight excluding hydrogens is 443 g/mol. The van der Waals surface area contributed by atoms with E-state index in [0.717, 1.165) is 36.4 Å². The van der Waals surface area contributed by atoms with E-state index in [9.17, 15) is 46.2 Å². The molecule has 2 N–H and O–H groups in total. The summed E-state index contributed by atoms with van der Waals surface area (Å²) in [7, 11) is -9.73. The van der Waals surface area contributed by atoms with Crippen molar-refractivity contribution >= 4 is 43.8 Å². The van der Waals surface area contributed by atoms with Gasteiger partial charge in [0.05, 0.1) is 9.85 Å². The van der Waals surface area contributed by atoms with Gasteiger partial charge < -0.3 is 0 Å². The van der Waals surface area contributed by atoms with E-state index in [0.29, 0.717) is 12.1 Å². The third-order valence-corrected chi connectivity index (χ3v) is 5.23. The number of nitrogens with zero attached hydrogens (tertiary/aromatic N) is 2. The van der Waals surface area contributed by atoms with Crippen molar-refractivity contribution in [1.29, 1.82) is 0 Å². The van der Waals surface area contributed by atoms with Crippen molar-refractivity contribution in [1.82, 2.24) is 0 Å². The molecule has 0 saturated heterocycles. The number of hydrogen-bond donors (Lipinski definition) is 2. The van der Waals surface area contributed by atoms with Crippen LogP contribution in [0.15, 0.2) is 46.2 Å². The van der Waals surface area contributed by atoms with Crippen molar-refractivity contribution in [2.75, 3.05) is 0 Å². The van der Waals surface area contributed by atoms with E-state index in [4.69, 9.17) is 0 Å². The fraction of sp³-hybridized carbons (Fsp3) is 0. The van der Waals surface area contributed by atoms with Crippen LogP contribution in [0.5, 0.6) is 0 Å². The molecule has 0 radical (unpaired) electrons. The summed E-state index contributed by atoms with van der Waals surface area (Å²) in [6, 6.07) is 5.11. The van der Waals surface area contributed by atoms with Crippen molar-refractivity contribution < 1.29 is 65.3 Å². The normalized spacial score (nSPS) is 11.8. The van der Waals surface area contributed by atoms with Gasteiger partial charge in [-0.3, -0.25) is 29.3 Å². The van der Waals surface area contributed by atoms with E-state index in [1.54, 1.807) is 0 Å². The molecule has 2 rings (SSSR count). The van der Waals surface area contributed by atoms with Crippen molar-refractivity contribution in [2.24, 2.45) is 0 Å². The Kier molecular flexibility index (Phi) is 7.78. The minimum absolute atomic E-state index is 0. The first kappa shape index (κ1) is 24.8. The first-order chi connectivity index (χ1) is 12.8. The maximum Gasteiger partial charge on any atom is 1.00 e. The minimum atomic E-state index is -4.86. The summed E-state index contributed by atoms with van der Waals surface area (Å²) >= 11 is 0. The van der Waals surface area contributed by atoms with Gasteiger partial charge in [-0.05, 0) is 23.3 Å². The molecule has 0 atom stereocenters.